The van der Waals surface area contributed by atoms with Gasteiger partial charge in [-0.25, -0.2) is 22.0 Å². The van der Waals surface area contributed by atoms with Crippen LogP contribution in [0.5, 0.6) is 0 Å². The van der Waals surface area contributed by atoms with E-state index in [4.69, 9.17) is 0 Å². The summed E-state index contributed by atoms with van der Waals surface area (Å²) in [5, 5.41) is 0. The molecule has 4 atom stereocenters. The number of fused-ring (bicyclic) bond motifs is 1. The van der Waals surface area contributed by atoms with Gasteiger partial charge in [0.2, 0.25) is 0 Å². The molecule has 2 aromatic rings. The summed E-state index contributed by atoms with van der Waals surface area (Å²) in [6.07, 6.45) is 11.8. The van der Waals surface area contributed by atoms with E-state index in [0.717, 1.165) is 25.2 Å². The molecule has 0 saturated heterocycles. The maximum Gasteiger partial charge on any atom is 0.194 e. The van der Waals surface area contributed by atoms with Crippen LogP contribution >= 0.6 is 0 Å². The number of hydrogen-bond donors (Lipinski definition) is 0. The highest BCUT2D eigenvalue weighted by Gasteiger charge is 2.36. The van der Waals surface area contributed by atoms with Gasteiger partial charge in [0.15, 0.2) is 17.5 Å². The molecule has 0 amide bonds. The molecule has 5 heteroatoms. The van der Waals surface area contributed by atoms with E-state index in [2.05, 4.69) is 6.92 Å². The summed E-state index contributed by atoms with van der Waals surface area (Å²) in [6, 6.07) is 3.84. The van der Waals surface area contributed by atoms with E-state index >= 15 is 0 Å². The van der Waals surface area contributed by atoms with Crippen molar-refractivity contribution in [2.75, 3.05) is 0 Å². The van der Waals surface area contributed by atoms with Crippen LogP contribution in [0.4, 0.5) is 22.0 Å². The molecule has 174 valence electrons. The van der Waals surface area contributed by atoms with E-state index in [1.165, 1.54) is 57.1 Å². The fraction of sp³-hybridized carbons (Fsp3) is 0.556. The second kappa shape index (κ2) is 9.93. The van der Waals surface area contributed by atoms with Gasteiger partial charge >= 0.3 is 0 Å². The molecule has 32 heavy (non-hydrogen) atoms. The molecular weight excluding hydrogens is 419 g/mol. The lowest BCUT2D eigenvalue weighted by Crippen LogP contribution is -2.30. The van der Waals surface area contributed by atoms with Gasteiger partial charge in [0, 0.05) is 0 Å². The Balaban J connectivity index is 1.47. The van der Waals surface area contributed by atoms with Crippen molar-refractivity contribution in [2.24, 2.45) is 17.8 Å². The minimum absolute atomic E-state index is 0.0904. The number of hydrogen-bond acceptors (Lipinski definition) is 0. The van der Waals surface area contributed by atoms with Gasteiger partial charge in [0.25, 0.3) is 0 Å². The van der Waals surface area contributed by atoms with Crippen molar-refractivity contribution in [3.63, 3.8) is 0 Å². The van der Waals surface area contributed by atoms with Crippen LogP contribution in [0.15, 0.2) is 24.3 Å². The fourth-order valence-corrected chi connectivity index (χ4v) is 6.04. The standard InChI is InChI=1S/C27H31F5/c1-2-3-4-5-16-6-7-18-11-19(9-8-17(18)10-16)20-12-22(28)26(23(29)13-20)21-14-24(30)27(32)25(31)15-21/h12-19H,2-11H2,1H3/t16?,17-,18-,19-/m1/s1. The maximum absolute atomic E-state index is 14.9. The van der Waals surface area contributed by atoms with E-state index in [-0.39, 0.29) is 11.5 Å². The third-order valence-corrected chi connectivity index (χ3v) is 7.75. The fourth-order valence-electron chi connectivity index (χ4n) is 6.04. The normalized spacial score (nSPS) is 25.6. The Bertz CT molecular complexity index is 907. The first-order chi connectivity index (χ1) is 15.4. The van der Waals surface area contributed by atoms with Crippen molar-refractivity contribution in [3.05, 3.63) is 58.9 Å². The number of benzene rings is 2. The average molecular weight is 451 g/mol. The van der Waals surface area contributed by atoms with Crippen molar-refractivity contribution in [1.29, 1.82) is 0 Å². The predicted molar refractivity (Wildman–Crippen MR) is 117 cm³/mol. The summed E-state index contributed by atoms with van der Waals surface area (Å²) < 4.78 is 70.1. The van der Waals surface area contributed by atoms with Gasteiger partial charge < -0.3 is 0 Å². The molecule has 0 aromatic heterocycles. The molecule has 0 radical (unpaired) electrons. The zero-order chi connectivity index (χ0) is 22.8. The van der Waals surface area contributed by atoms with Crippen LogP contribution in [0.25, 0.3) is 11.1 Å². The van der Waals surface area contributed by atoms with Crippen LogP contribution in [-0.4, -0.2) is 0 Å². The van der Waals surface area contributed by atoms with Gasteiger partial charge in [0.05, 0.1) is 5.56 Å². The topological polar surface area (TPSA) is 0 Å². The lowest BCUT2D eigenvalue weighted by molar-refractivity contribution is 0.113. The second-order valence-corrected chi connectivity index (χ2v) is 9.82. The van der Waals surface area contributed by atoms with Crippen molar-refractivity contribution >= 4 is 0 Å². The monoisotopic (exact) mass is 450 g/mol. The molecule has 4 rings (SSSR count). The maximum atomic E-state index is 14.9. The molecule has 2 aliphatic rings. The van der Waals surface area contributed by atoms with Gasteiger partial charge in [-0.2, -0.15) is 0 Å². The zero-order valence-corrected chi connectivity index (χ0v) is 18.6. The molecule has 0 N–H and O–H groups in total. The predicted octanol–water partition coefficient (Wildman–Crippen LogP) is 8.93. The molecule has 0 aliphatic heterocycles. The Labute approximate surface area is 187 Å². The first kappa shape index (κ1) is 23.3. The van der Waals surface area contributed by atoms with Crippen LogP contribution in [0.3, 0.4) is 0 Å². The highest BCUT2D eigenvalue weighted by Crippen LogP contribution is 2.49. The zero-order valence-electron chi connectivity index (χ0n) is 18.6. The number of unbranched alkanes of at least 4 members (excludes halogenated alkanes) is 2. The smallest absolute Gasteiger partial charge is 0.194 e. The van der Waals surface area contributed by atoms with Gasteiger partial charge in [0.1, 0.15) is 11.6 Å². The number of rotatable bonds is 6. The molecule has 0 spiro atoms. The van der Waals surface area contributed by atoms with Crippen LogP contribution in [0.2, 0.25) is 0 Å². The molecule has 2 aliphatic carbocycles. The summed E-state index contributed by atoms with van der Waals surface area (Å²) in [6.45, 7) is 2.23. The van der Waals surface area contributed by atoms with Crippen molar-refractivity contribution in [1.82, 2.24) is 0 Å². The Morgan fingerprint density at radius 1 is 0.719 bits per heavy atom. The van der Waals surface area contributed by atoms with E-state index < -0.39 is 34.6 Å². The molecule has 0 heterocycles. The summed E-state index contributed by atoms with van der Waals surface area (Å²) in [5.74, 6) is -4.09. The highest BCUT2D eigenvalue weighted by atomic mass is 19.2. The molecular formula is C27H31F5. The third-order valence-electron chi connectivity index (χ3n) is 7.75. The highest BCUT2D eigenvalue weighted by molar-refractivity contribution is 5.65. The van der Waals surface area contributed by atoms with Crippen LogP contribution in [0, 0.1) is 46.8 Å². The molecule has 2 saturated carbocycles. The van der Waals surface area contributed by atoms with Crippen LogP contribution in [0.1, 0.15) is 82.6 Å². The largest absolute Gasteiger partial charge is 0.206 e. The molecule has 2 fully saturated rings. The first-order valence-electron chi connectivity index (χ1n) is 12.0. The Morgan fingerprint density at radius 3 is 2.00 bits per heavy atom. The van der Waals surface area contributed by atoms with Crippen molar-refractivity contribution in [2.45, 2.75) is 77.0 Å². The first-order valence-corrected chi connectivity index (χ1v) is 12.0. The molecule has 1 unspecified atom stereocenters. The van der Waals surface area contributed by atoms with E-state index in [1.54, 1.807) is 0 Å². The van der Waals surface area contributed by atoms with Crippen LogP contribution in [-0.2, 0) is 0 Å². The van der Waals surface area contributed by atoms with Crippen molar-refractivity contribution < 1.29 is 22.0 Å². The average Bonchev–Trinajstić information content (AvgIpc) is 2.76. The molecule has 0 nitrogen and oxygen atoms in total. The minimum Gasteiger partial charge on any atom is -0.206 e. The lowest BCUT2D eigenvalue weighted by atomic mass is 9.63. The van der Waals surface area contributed by atoms with Gasteiger partial charge in [-0.1, -0.05) is 39.0 Å². The summed E-state index contributed by atoms with van der Waals surface area (Å²) in [7, 11) is 0. The second-order valence-electron chi connectivity index (χ2n) is 9.82. The number of halogens is 5. The Morgan fingerprint density at radius 2 is 1.34 bits per heavy atom. The van der Waals surface area contributed by atoms with E-state index in [0.29, 0.717) is 29.5 Å². The Kier molecular flexibility index (Phi) is 7.21. The summed E-state index contributed by atoms with van der Waals surface area (Å²) >= 11 is 0. The van der Waals surface area contributed by atoms with Gasteiger partial charge in [-0.3, -0.25) is 0 Å². The van der Waals surface area contributed by atoms with Gasteiger partial charge in [-0.15, -0.1) is 0 Å². The van der Waals surface area contributed by atoms with E-state index in [1.807, 2.05) is 0 Å². The summed E-state index contributed by atoms with van der Waals surface area (Å²) in [4.78, 5) is 0. The third kappa shape index (κ3) is 4.87. The minimum atomic E-state index is -1.65. The lowest BCUT2D eigenvalue weighted by Gasteiger charge is -2.42. The molecule has 0 bridgehead atoms. The van der Waals surface area contributed by atoms with E-state index in [9.17, 15) is 22.0 Å². The van der Waals surface area contributed by atoms with Gasteiger partial charge in [-0.05, 0) is 91.2 Å². The van der Waals surface area contributed by atoms with Crippen molar-refractivity contribution in [3.8, 4) is 11.1 Å². The summed E-state index contributed by atoms with van der Waals surface area (Å²) in [5.41, 5.74) is -0.254. The SMILES string of the molecule is CCCCCC1CC[C@@H]2C[C@H](c3cc(F)c(-c4cc(F)c(F)c(F)c4)c(F)c3)CC[C@@H]2C1. The molecule has 2 aromatic carbocycles. The van der Waals surface area contributed by atoms with Crippen LogP contribution < -0.4 is 0 Å². The quantitative estimate of drug-likeness (QED) is 0.234. The Hall–Kier alpha value is -1.91.